The van der Waals surface area contributed by atoms with Gasteiger partial charge in [-0.05, 0) is 52.7 Å². The summed E-state index contributed by atoms with van der Waals surface area (Å²) in [6.45, 7) is 15.7. The van der Waals surface area contributed by atoms with Crippen molar-refractivity contribution >= 4 is 5.96 Å². The van der Waals surface area contributed by atoms with Gasteiger partial charge in [-0.1, -0.05) is 20.3 Å². The summed E-state index contributed by atoms with van der Waals surface area (Å²) in [5, 5.41) is 6.90. The molecule has 5 nitrogen and oxygen atoms in total. The third kappa shape index (κ3) is 7.53. The number of nitrogens with one attached hydrogen (secondary N) is 2. The maximum atomic E-state index is 4.33. The van der Waals surface area contributed by atoms with Crippen LogP contribution in [0.25, 0.3) is 0 Å². The van der Waals surface area contributed by atoms with Crippen LogP contribution in [0, 0.1) is 0 Å². The SMILES string of the molecule is CCN(CC)C(C)CNC(=NC)NCCCN1CCCCC1C. The highest BCUT2D eigenvalue weighted by Crippen LogP contribution is 2.15. The molecule has 0 aromatic carbocycles. The van der Waals surface area contributed by atoms with Crippen molar-refractivity contribution in [3.05, 3.63) is 0 Å². The van der Waals surface area contributed by atoms with E-state index in [-0.39, 0.29) is 0 Å². The maximum absolute atomic E-state index is 4.33. The van der Waals surface area contributed by atoms with Crippen molar-refractivity contribution in [2.24, 2.45) is 4.99 Å². The minimum absolute atomic E-state index is 0.526. The molecule has 1 rings (SSSR count). The van der Waals surface area contributed by atoms with E-state index in [1.165, 1.54) is 38.8 Å². The zero-order valence-electron chi connectivity index (χ0n) is 16.1. The van der Waals surface area contributed by atoms with E-state index in [4.69, 9.17) is 0 Å². The Kier molecular flexibility index (Phi) is 10.3. The summed E-state index contributed by atoms with van der Waals surface area (Å²) in [4.78, 5) is 9.42. The summed E-state index contributed by atoms with van der Waals surface area (Å²) >= 11 is 0. The van der Waals surface area contributed by atoms with Crippen LogP contribution in [0.3, 0.4) is 0 Å². The fourth-order valence-electron chi connectivity index (χ4n) is 3.42. The molecule has 0 amide bonds. The molecule has 5 heteroatoms. The Hall–Kier alpha value is -0.810. The first-order valence-corrected chi connectivity index (χ1v) is 9.54. The Morgan fingerprint density at radius 2 is 2.00 bits per heavy atom. The lowest BCUT2D eigenvalue weighted by molar-refractivity contribution is 0.159. The largest absolute Gasteiger partial charge is 0.356 e. The minimum Gasteiger partial charge on any atom is -0.356 e. The molecule has 0 spiro atoms. The Balaban J connectivity index is 2.18. The summed E-state index contributed by atoms with van der Waals surface area (Å²) in [5.41, 5.74) is 0. The molecule has 1 fully saturated rings. The van der Waals surface area contributed by atoms with E-state index < -0.39 is 0 Å². The van der Waals surface area contributed by atoms with Gasteiger partial charge in [0.05, 0.1) is 0 Å². The van der Waals surface area contributed by atoms with Crippen LogP contribution in [0.4, 0.5) is 0 Å². The lowest BCUT2D eigenvalue weighted by atomic mass is 10.0. The average Bonchev–Trinajstić information content (AvgIpc) is 2.56. The molecule has 1 aliphatic rings. The average molecular weight is 326 g/mol. The van der Waals surface area contributed by atoms with Crippen LogP contribution in [0.5, 0.6) is 0 Å². The molecule has 0 aliphatic carbocycles. The highest BCUT2D eigenvalue weighted by molar-refractivity contribution is 5.79. The van der Waals surface area contributed by atoms with E-state index in [0.29, 0.717) is 6.04 Å². The highest BCUT2D eigenvalue weighted by atomic mass is 15.2. The van der Waals surface area contributed by atoms with Crippen molar-refractivity contribution in [1.29, 1.82) is 0 Å². The van der Waals surface area contributed by atoms with E-state index in [1.807, 2.05) is 7.05 Å². The molecule has 1 saturated heterocycles. The molecule has 136 valence electrons. The number of piperidine rings is 1. The highest BCUT2D eigenvalue weighted by Gasteiger charge is 2.17. The molecule has 2 N–H and O–H groups in total. The number of guanidine groups is 1. The van der Waals surface area contributed by atoms with E-state index >= 15 is 0 Å². The van der Waals surface area contributed by atoms with Crippen molar-refractivity contribution in [3.8, 4) is 0 Å². The molecule has 0 aromatic rings. The number of hydrogen-bond donors (Lipinski definition) is 2. The number of likely N-dealkylation sites (tertiary alicyclic amines) is 1. The van der Waals surface area contributed by atoms with E-state index in [9.17, 15) is 0 Å². The first kappa shape index (κ1) is 20.2. The third-order valence-corrected chi connectivity index (χ3v) is 5.08. The fraction of sp³-hybridized carbons (Fsp3) is 0.944. The molecule has 0 radical (unpaired) electrons. The first-order chi connectivity index (χ1) is 11.1. The van der Waals surface area contributed by atoms with Gasteiger partial charge in [-0.25, -0.2) is 0 Å². The molecule has 0 bridgehead atoms. The third-order valence-electron chi connectivity index (χ3n) is 5.08. The quantitative estimate of drug-likeness (QED) is 0.387. The van der Waals surface area contributed by atoms with Gasteiger partial charge in [-0.3, -0.25) is 9.89 Å². The van der Waals surface area contributed by atoms with Crippen molar-refractivity contribution < 1.29 is 0 Å². The van der Waals surface area contributed by atoms with Crippen LogP contribution in [0.1, 0.15) is 53.4 Å². The van der Waals surface area contributed by atoms with Gasteiger partial charge in [-0.2, -0.15) is 0 Å². The van der Waals surface area contributed by atoms with Crippen molar-refractivity contribution in [3.63, 3.8) is 0 Å². The molecular weight excluding hydrogens is 286 g/mol. The number of hydrogen-bond acceptors (Lipinski definition) is 3. The Labute approximate surface area is 143 Å². The topological polar surface area (TPSA) is 42.9 Å². The number of aliphatic imine (C=N–C) groups is 1. The summed E-state index contributed by atoms with van der Waals surface area (Å²) in [5.74, 6) is 0.927. The van der Waals surface area contributed by atoms with E-state index in [2.05, 4.69) is 53.1 Å². The van der Waals surface area contributed by atoms with Gasteiger partial charge in [0, 0.05) is 38.8 Å². The molecule has 2 unspecified atom stereocenters. The van der Waals surface area contributed by atoms with Crippen LogP contribution < -0.4 is 10.6 Å². The van der Waals surface area contributed by atoms with Crippen LogP contribution in [-0.4, -0.2) is 74.2 Å². The summed E-state index contributed by atoms with van der Waals surface area (Å²) in [6, 6.07) is 1.29. The van der Waals surface area contributed by atoms with E-state index in [1.54, 1.807) is 0 Å². The molecule has 1 heterocycles. The Morgan fingerprint density at radius 1 is 1.26 bits per heavy atom. The van der Waals surface area contributed by atoms with Gasteiger partial charge in [0.2, 0.25) is 0 Å². The fourth-order valence-corrected chi connectivity index (χ4v) is 3.42. The van der Waals surface area contributed by atoms with Crippen LogP contribution in [0.2, 0.25) is 0 Å². The first-order valence-electron chi connectivity index (χ1n) is 9.54. The lowest BCUT2D eigenvalue weighted by Gasteiger charge is -2.33. The zero-order valence-corrected chi connectivity index (χ0v) is 16.1. The summed E-state index contributed by atoms with van der Waals surface area (Å²) in [7, 11) is 1.85. The minimum atomic E-state index is 0.526. The number of likely N-dealkylation sites (N-methyl/N-ethyl adjacent to an activating group) is 1. The lowest BCUT2D eigenvalue weighted by Crippen LogP contribution is -2.46. The normalized spacial score (nSPS) is 21.5. The summed E-state index contributed by atoms with van der Waals surface area (Å²) in [6.07, 6.45) is 5.30. The molecular formula is C18H39N5. The standard InChI is InChI=1S/C18H39N5/c1-6-22(7-2)17(4)15-21-18(19-5)20-12-10-14-23-13-9-8-11-16(23)3/h16-17H,6-15H2,1-5H3,(H2,19,20,21). The molecule has 0 saturated carbocycles. The van der Waals surface area contributed by atoms with E-state index in [0.717, 1.165) is 38.2 Å². The zero-order chi connectivity index (χ0) is 17.1. The smallest absolute Gasteiger partial charge is 0.191 e. The Bertz CT molecular complexity index is 327. The maximum Gasteiger partial charge on any atom is 0.191 e. The molecule has 0 aromatic heterocycles. The monoisotopic (exact) mass is 325 g/mol. The van der Waals surface area contributed by atoms with Crippen LogP contribution >= 0.6 is 0 Å². The molecule has 1 aliphatic heterocycles. The summed E-state index contributed by atoms with van der Waals surface area (Å²) < 4.78 is 0. The van der Waals surface area contributed by atoms with Crippen molar-refractivity contribution in [1.82, 2.24) is 20.4 Å². The predicted octanol–water partition coefficient (Wildman–Crippen LogP) is 2.15. The van der Waals surface area contributed by atoms with Gasteiger partial charge >= 0.3 is 0 Å². The number of nitrogens with zero attached hydrogens (tertiary/aromatic N) is 3. The second-order valence-corrected chi connectivity index (χ2v) is 6.68. The van der Waals surface area contributed by atoms with Crippen LogP contribution in [0.15, 0.2) is 4.99 Å². The molecule has 2 atom stereocenters. The number of rotatable bonds is 9. The second-order valence-electron chi connectivity index (χ2n) is 6.68. The van der Waals surface area contributed by atoms with Gasteiger partial charge in [-0.15, -0.1) is 0 Å². The second kappa shape index (κ2) is 11.7. The Morgan fingerprint density at radius 3 is 2.61 bits per heavy atom. The van der Waals surface area contributed by atoms with Gasteiger partial charge in [0.15, 0.2) is 5.96 Å². The van der Waals surface area contributed by atoms with Gasteiger partial charge < -0.3 is 15.5 Å². The van der Waals surface area contributed by atoms with Gasteiger partial charge in [0.25, 0.3) is 0 Å². The van der Waals surface area contributed by atoms with Crippen LogP contribution in [-0.2, 0) is 0 Å². The van der Waals surface area contributed by atoms with Gasteiger partial charge in [0.1, 0.15) is 0 Å². The predicted molar refractivity (Wildman–Crippen MR) is 101 cm³/mol. The van der Waals surface area contributed by atoms with Crippen molar-refractivity contribution in [2.75, 3.05) is 46.3 Å². The molecule has 23 heavy (non-hydrogen) atoms. The van der Waals surface area contributed by atoms with Crippen molar-refractivity contribution in [2.45, 2.75) is 65.5 Å².